The summed E-state index contributed by atoms with van der Waals surface area (Å²) in [7, 11) is 0. The second kappa shape index (κ2) is 11.2. The van der Waals surface area contributed by atoms with E-state index in [1.54, 1.807) is 11.0 Å². The van der Waals surface area contributed by atoms with E-state index in [0.29, 0.717) is 58.0 Å². The number of imide groups is 1. The summed E-state index contributed by atoms with van der Waals surface area (Å²) in [6.07, 6.45) is 1.51. The number of rotatable bonds is 6. The molecule has 3 saturated heterocycles. The molecule has 0 aromatic heterocycles. The third-order valence-electron chi connectivity index (χ3n) is 6.78. The lowest BCUT2D eigenvalue weighted by molar-refractivity contribution is -0.384. The van der Waals surface area contributed by atoms with Gasteiger partial charge in [0.2, 0.25) is 5.91 Å². The predicted molar refractivity (Wildman–Crippen MR) is 144 cm³/mol. The number of anilines is 2. The fraction of sp³-hybridized carbons (Fsp3) is 0.346. The lowest BCUT2D eigenvalue weighted by atomic mass is 10.1. The molecule has 11 nitrogen and oxygen atoms in total. The third-order valence-corrected chi connectivity index (χ3v) is 7.69. The van der Waals surface area contributed by atoms with Crippen molar-refractivity contribution in [3.8, 4) is 0 Å². The highest BCUT2D eigenvalue weighted by Gasteiger charge is 2.38. The van der Waals surface area contributed by atoms with Crippen LogP contribution in [0.15, 0.2) is 53.4 Å². The van der Waals surface area contributed by atoms with Crippen LogP contribution in [0.2, 0.25) is 0 Å². The minimum Gasteiger partial charge on any atom is -0.378 e. The molecule has 0 atom stereocenters. The fourth-order valence-electron chi connectivity index (χ4n) is 4.73. The molecule has 0 unspecified atom stereocenters. The first-order valence-electron chi connectivity index (χ1n) is 12.3. The largest absolute Gasteiger partial charge is 0.378 e. The number of amides is 3. The summed E-state index contributed by atoms with van der Waals surface area (Å²) in [5, 5.41) is 10.9. The second-order valence-electron chi connectivity index (χ2n) is 9.07. The van der Waals surface area contributed by atoms with Crippen LogP contribution in [0.3, 0.4) is 0 Å². The van der Waals surface area contributed by atoms with Crippen LogP contribution in [0.25, 0.3) is 6.08 Å². The Kier molecular flexibility index (Phi) is 7.61. The van der Waals surface area contributed by atoms with Crippen LogP contribution in [0.1, 0.15) is 5.56 Å². The minimum atomic E-state index is -0.573. The van der Waals surface area contributed by atoms with Gasteiger partial charge in [0.1, 0.15) is 6.54 Å². The molecule has 3 aliphatic rings. The van der Waals surface area contributed by atoms with E-state index in [-0.39, 0.29) is 23.0 Å². The Hall–Kier alpha value is -3.90. The highest BCUT2D eigenvalue weighted by Crippen LogP contribution is 2.35. The average molecular weight is 538 g/mol. The van der Waals surface area contributed by atoms with Gasteiger partial charge in [-0.15, -0.1) is 0 Å². The number of ether oxygens (including phenoxy) is 1. The average Bonchev–Trinajstić information content (AvgIpc) is 3.21. The van der Waals surface area contributed by atoms with Crippen LogP contribution < -0.4 is 9.80 Å². The number of non-ortho nitro benzene ring substituents is 1. The quantitative estimate of drug-likeness (QED) is 0.312. The molecule has 38 heavy (non-hydrogen) atoms. The summed E-state index contributed by atoms with van der Waals surface area (Å²) in [6.45, 7) is 4.23. The van der Waals surface area contributed by atoms with Gasteiger partial charge in [0.05, 0.1) is 23.0 Å². The Morgan fingerprint density at radius 1 is 0.974 bits per heavy atom. The maximum absolute atomic E-state index is 13.2. The van der Waals surface area contributed by atoms with E-state index in [1.165, 1.54) is 18.2 Å². The van der Waals surface area contributed by atoms with Crippen molar-refractivity contribution in [1.82, 2.24) is 9.80 Å². The lowest BCUT2D eigenvalue weighted by Gasteiger charge is -2.36. The van der Waals surface area contributed by atoms with Crippen molar-refractivity contribution in [1.29, 1.82) is 0 Å². The molecular formula is C26H27N5O6S. The van der Waals surface area contributed by atoms with Crippen LogP contribution in [0, 0.1) is 10.1 Å². The van der Waals surface area contributed by atoms with Crippen molar-refractivity contribution in [2.75, 3.05) is 68.8 Å². The van der Waals surface area contributed by atoms with E-state index < -0.39 is 16.1 Å². The molecule has 0 N–H and O–H groups in total. The second-order valence-corrected chi connectivity index (χ2v) is 10.1. The Labute approximate surface area is 223 Å². The summed E-state index contributed by atoms with van der Waals surface area (Å²) in [5.74, 6) is -0.860. The predicted octanol–water partition coefficient (Wildman–Crippen LogP) is 2.82. The van der Waals surface area contributed by atoms with Gasteiger partial charge in [-0.3, -0.25) is 29.4 Å². The number of morpholine rings is 1. The van der Waals surface area contributed by atoms with Crippen molar-refractivity contribution in [2.45, 2.75) is 0 Å². The number of carbonyl (C=O) groups is 3. The third kappa shape index (κ3) is 5.50. The molecule has 0 radical (unpaired) electrons. The number of hydrogen-bond donors (Lipinski definition) is 0. The Morgan fingerprint density at radius 3 is 2.37 bits per heavy atom. The molecule has 5 rings (SSSR count). The molecule has 0 aliphatic carbocycles. The number of para-hydroxylation sites is 1. The first kappa shape index (κ1) is 25.7. The van der Waals surface area contributed by atoms with Crippen LogP contribution >= 0.6 is 11.8 Å². The van der Waals surface area contributed by atoms with Crippen LogP contribution in [-0.2, 0) is 14.3 Å². The van der Waals surface area contributed by atoms with E-state index in [2.05, 4.69) is 4.90 Å². The SMILES string of the molecule is O=C(CN1C(=O)S/C(=C\c2cc([N+](=O)[O-])ccc2N2CCOCC2)C1=O)N1CCN(c2ccccc2)CC1. The van der Waals surface area contributed by atoms with Gasteiger partial charge in [-0.1, -0.05) is 18.2 Å². The van der Waals surface area contributed by atoms with Gasteiger partial charge in [-0.05, 0) is 36.0 Å². The van der Waals surface area contributed by atoms with E-state index in [9.17, 15) is 24.5 Å². The first-order chi connectivity index (χ1) is 18.4. The van der Waals surface area contributed by atoms with Gasteiger partial charge < -0.3 is 19.4 Å². The van der Waals surface area contributed by atoms with Crippen molar-refractivity contribution >= 4 is 52.0 Å². The zero-order valence-electron chi connectivity index (χ0n) is 20.7. The summed E-state index contributed by atoms with van der Waals surface area (Å²) in [4.78, 5) is 56.7. The van der Waals surface area contributed by atoms with Crippen molar-refractivity contribution in [3.05, 3.63) is 69.1 Å². The van der Waals surface area contributed by atoms with Crippen LogP contribution in [0.4, 0.5) is 21.9 Å². The number of carbonyl (C=O) groups excluding carboxylic acids is 3. The van der Waals surface area contributed by atoms with Gasteiger partial charge in [0.15, 0.2) is 0 Å². The maximum atomic E-state index is 13.2. The standard InChI is InChI=1S/C26H27N5O6S/c32-24(29-10-8-27(9-11-29)20-4-2-1-3-5-20)18-30-25(33)23(38-26(30)34)17-19-16-21(31(35)36)6-7-22(19)28-12-14-37-15-13-28/h1-7,16-17H,8-15,18H2/b23-17-. The van der Waals surface area contributed by atoms with E-state index in [4.69, 9.17) is 4.74 Å². The number of nitro groups is 1. The Bertz CT molecular complexity index is 1270. The van der Waals surface area contributed by atoms with Crippen LogP contribution in [0.5, 0.6) is 0 Å². The molecule has 3 amide bonds. The molecule has 0 saturated carbocycles. The van der Waals surface area contributed by atoms with Gasteiger partial charge in [-0.25, -0.2) is 0 Å². The van der Waals surface area contributed by atoms with E-state index in [1.807, 2.05) is 35.2 Å². The van der Waals surface area contributed by atoms with Crippen LogP contribution in [-0.4, -0.2) is 90.8 Å². The number of hydrogen-bond acceptors (Lipinski definition) is 9. The molecule has 3 aliphatic heterocycles. The van der Waals surface area contributed by atoms with Gasteiger partial charge in [0.25, 0.3) is 16.8 Å². The molecular weight excluding hydrogens is 510 g/mol. The number of thioether (sulfide) groups is 1. The number of benzene rings is 2. The highest BCUT2D eigenvalue weighted by atomic mass is 32.2. The van der Waals surface area contributed by atoms with Gasteiger partial charge in [0, 0.05) is 68.3 Å². The molecule has 0 spiro atoms. The lowest BCUT2D eigenvalue weighted by Crippen LogP contribution is -2.51. The smallest absolute Gasteiger partial charge is 0.294 e. The number of nitrogens with zero attached hydrogens (tertiary/aromatic N) is 5. The first-order valence-corrected chi connectivity index (χ1v) is 13.2. The minimum absolute atomic E-state index is 0.114. The fourth-order valence-corrected chi connectivity index (χ4v) is 5.56. The summed E-state index contributed by atoms with van der Waals surface area (Å²) < 4.78 is 5.40. The normalized spacial score (nSPS) is 19.4. The Balaban J connectivity index is 1.28. The van der Waals surface area contributed by atoms with Crippen molar-refractivity contribution in [3.63, 3.8) is 0 Å². The molecule has 3 fully saturated rings. The molecule has 198 valence electrons. The molecule has 3 heterocycles. The number of nitro benzene ring substituents is 1. The van der Waals surface area contributed by atoms with Crippen molar-refractivity contribution in [2.24, 2.45) is 0 Å². The van der Waals surface area contributed by atoms with Gasteiger partial charge >= 0.3 is 0 Å². The summed E-state index contributed by atoms with van der Waals surface area (Å²) in [6, 6.07) is 14.4. The summed E-state index contributed by atoms with van der Waals surface area (Å²) >= 11 is 0.739. The number of piperazine rings is 1. The molecule has 2 aromatic rings. The maximum Gasteiger partial charge on any atom is 0.294 e. The zero-order chi connectivity index (χ0) is 26.6. The zero-order valence-corrected chi connectivity index (χ0v) is 21.5. The monoisotopic (exact) mass is 537 g/mol. The molecule has 12 heteroatoms. The van der Waals surface area contributed by atoms with Crippen molar-refractivity contribution < 1.29 is 24.0 Å². The topological polar surface area (TPSA) is 117 Å². The molecule has 2 aromatic carbocycles. The van der Waals surface area contributed by atoms with E-state index in [0.717, 1.165) is 28.0 Å². The summed E-state index contributed by atoms with van der Waals surface area (Å²) in [5.41, 5.74) is 2.17. The Morgan fingerprint density at radius 2 is 1.68 bits per heavy atom. The molecule has 0 bridgehead atoms. The van der Waals surface area contributed by atoms with E-state index >= 15 is 0 Å². The van der Waals surface area contributed by atoms with Gasteiger partial charge in [-0.2, -0.15) is 0 Å². The highest BCUT2D eigenvalue weighted by molar-refractivity contribution is 8.18.